The normalized spacial score (nSPS) is 10.7. The van der Waals surface area contributed by atoms with E-state index in [9.17, 15) is 4.79 Å². The van der Waals surface area contributed by atoms with E-state index in [4.69, 9.17) is 16.7 Å². The molecule has 3 rings (SSSR count). The van der Waals surface area contributed by atoms with E-state index < -0.39 is 5.97 Å². The lowest BCUT2D eigenvalue weighted by Gasteiger charge is -2.06. The Morgan fingerprint density at radius 3 is 2.81 bits per heavy atom. The summed E-state index contributed by atoms with van der Waals surface area (Å²) >= 11 is 7.48. The predicted molar refractivity (Wildman–Crippen MR) is 84.3 cm³/mol. The van der Waals surface area contributed by atoms with Crippen molar-refractivity contribution in [3.8, 4) is 0 Å². The average Bonchev–Trinajstić information content (AvgIpc) is 2.47. The Labute approximate surface area is 130 Å². The molecule has 2 aromatic carbocycles. The fraction of sp³-hybridized carbons (Fsp3) is 0. The zero-order valence-corrected chi connectivity index (χ0v) is 12.4. The molecule has 3 nitrogen and oxygen atoms in total. The summed E-state index contributed by atoms with van der Waals surface area (Å²) in [6.07, 6.45) is 1.72. The van der Waals surface area contributed by atoms with Crippen molar-refractivity contribution < 1.29 is 9.90 Å². The van der Waals surface area contributed by atoms with E-state index in [2.05, 4.69) is 4.98 Å². The van der Waals surface area contributed by atoms with Crippen LogP contribution in [0.2, 0.25) is 5.02 Å². The van der Waals surface area contributed by atoms with Crippen molar-refractivity contribution in [3.05, 3.63) is 65.3 Å². The Balaban J connectivity index is 2.02. The summed E-state index contributed by atoms with van der Waals surface area (Å²) in [6.45, 7) is 0. The van der Waals surface area contributed by atoms with Crippen LogP contribution < -0.4 is 0 Å². The number of hydrogen-bond donors (Lipinski definition) is 1. The Kier molecular flexibility index (Phi) is 3.82. The monoisotopic (exact) mass is 315 g/mol. The maximum atomic E-state index is 11.0. The number of fused-ring (bicyclic) bond motifs is 1. The van der Waals surface area contributed by atoms with Crippen LogP contribution in [0.3, 0.4) is 0 Å². The van der Waals surface area contributed by atoms with Crippen LogP contribution in [-0.2, 0) is 0 Å². The lowest BCUT2D eigenvalue weighted by atomic mass is 10.2. The number of benzene rings is 2. The number of halogens is 1. The van der Waals surface area contributed by atoms with Gasteiger partial charge in [-0.15, -0.1) is 0 Å². The number of rotatable bonds is 3. The van der Waals surface area contributed by atoms with Gasteiger partial charge in [0, 0.05) is 26.4 Å². The summed E-state index contributed by atoms with van der Waals surface area (Å²) < 4.78 is 0. The molecule has 0 amide bonds. The van der Waals surface area contributed by atoms with Crippen LogP contribution in [0.5, 0.6) is 0 Å². The highest BCUT2D eigenvalue weighted by molar-refractivity contribution is 7.99. The SMILES string of the molecule is O=C(O)c1cccc(Sc2ccnc3cc(Cl)ccc23)c1. The minimum atomic E-state index is -0.927. The third kappa shape index (κ3) is 3.01. The molecule has 0 saturated heterocycles. The molecule has 0 spiro atoms. The highest BCUT2D eigenvalue weighted by atomic mass is 35.5. The van der Waals surface area contributed by atoms with Gasteiger partial charge in [-0.2, -0.15) is 0 Å². The topological polar surface area (TPSA) is 50.2 Å². The van der Waals surface area contributed by atoms with Gasteiger partial charge in [0.15, 0.2) is 0 Å². The zero-order chi connectivity index (χ0) is 14.8. The van der Waals surface area contributed by atoms with Crippen molar-refractivity contribution in [2.24, 2.45) is 0 Å². The molecule has 21 heavy (non-hydrogen) atoms. The fourth-order valence-electron chi connectivity index (χ4n) is 2.00. The smallest absolute Gasteiger partial charge is 0.335 e. The van der Waals surface area contributed by atoms with Gasteiger partial charge in [-0.05, 0) is 36.4 Å². The Hall–Kier alpha value is -2.04. The van der Waals surface area contributed by atoms with E-state index in [0.29, 0.717) is 5.02 Å². The molecule has 5 heteroatoms. The van der Waals surface area contributed by atoms with E-state index in [1.807, 2.05) is 30.3 Å². The lowest BCUT2D eigenvalue weighted by molar-refractivity contribution is 0.0696. The standard InChI is InChI=1S/C16H10ClNO2S/c17-11-4-5-13-14(9-11)18-7-6-15(13)21-12-3-1-2-10(8-12)16(19)20/h1-9H,(H,19,20). The Bertz CT molecular complexity index is 835. The molecular formula is C16H10ClNO2S. The van der Waals surface area contributed by atoms with Gasteiger partial charge < -0.3 is 5.11 Å². The number of aromatic carboxylic acids is 1. The first-order chi connectivity index (χ1) is 10.1. The minimum absolute atomic E-state index is 0.279. The van der Waals surface area contributed by atoms with E-state index in [1.54, 1.807) is 24.4 Å². The molecule has 0 bridgehead atoms. The lowest BCUT2D eigenvalue weighted by Crippen LogP contribution is -1.95. The molecule has 0 unspecified atom stereocenters. The summed E-state index contributed by atoms with van der Waals surface area (Å²) in [7, 11) is 0. The molecule has 0 aliphatic carbocycles. The number of carboxylic acid groups (broad SMARTS) is 1. The van der Waals surface area contributed by atoms with Gasteiger partial charge in [0.25, 0.3) is 0 Å². The molecule has 0 radical (unpaired) electrons. The first kappa shape index (κ1) is 13.9. The van der Waals surface area contributed by atoms with Gasteiger partial charge in [-0.3, -0.25) is 4.98 Å². The minimum Gasteiger partial charge on any atom is -0.478 e. The number of aromatic nitrogens is 1. The van der Waals surface area contributed by atoms with Crippen LogP contribution in [0.25, 0.3) is 10.9 Å². The first-order valence-corrected chi connectivity index (χ1v) is 7.38. The van der Waals surface area contributed by atoms with Crippen LogP contribution in [0.15, 0.2) is 64.5 Å². The molecular weight excluding hydrogens is 306 g/mol. The van der Waals surface area contributed by atoms with Gasteiger partial charge in [0.2, 0.25) is 0 Å². The maximum Gasteiger partial charge on any atom is 0.335 e. The molecule has 0 aliphatic rings. The van der Waals surface area contributed by atoms with Crippen molar-refractivity contribution >= 4 is 40.2 Å². The summed E-state index contributed by atoms with van der Waals surface area (Å²) in [5.41, 5.74) is 1.10. The van der Waals surface area contributed by atoms with Gasteiger partial charge in [0.05, 0.1) is 11.1 Å². The van der Waals surface area contributed by atoms with Crippen LogP contribution in [0, 0.1) is 0 Å². The number of hydrogen-bond acceptors (Lipinski definition) is 3. The largest absolute Gasteiger partial charge is 0.478 e. The number of pyridine rings is 1. The summed E-state index contributed by atoms with van der Waals surface area (Å²) in [4.78, 5) is 17.2. The quantitative estimate of drug-likeness (QED) is 0.758. The summed E-state index contributed by atoms with van der Waals surface area (Å²) in [5.74, 6) is -0.927. The fourth-order valence-corrected chi connectivity index (χ4v) is 3.17. The van der Waals surface area contributed by atoms with E-state index >= 15 is 0 Å². The molecule has 104 valence electrons. The Morgan fingerprint density at radius 1 is 1.14 bits per heavy atom. The third-order valence-corrected chi connectivity index (χ3v) is 4.27. The second-order valence-electron chi connectivity index (χ2n) is 4.41. The zero-order valence-electron chi connectivity index (χ0n) is 10.8. The van der Waals surface area contributed by atoms with Crippen molar-refractivity contribution in [2.75, 3.05) is 0 Å². The third-order valence-electron chi connectivity index (χ3n) is 2.97. The van der Waals surface area contributed by atoms with E-state index in [-0.39, 0.29) is 5.56 Å². The predicted octanol–water partition coefficient (Wildman–Crippen LogP) is 4.74. The number of carboxylic acids is 1. The first-order valence-electron chi connectivity index (χ1n) is 6.19. The molecule has 1 N–H and O–H groups in total. The summed E-state index contributed by atoms with van der Waals surface area (Å²) in [5, 5.41) is 10.7. The van der Waals surface area contributed by atoms with Gasteiger partial charge >= 0.3 is 5.97 Å². The van der Waals surface area contributed by atoms with Crippen LogP contribution in [-0.4, -0.2) is 16.1 Å². The van der Waals surface area contributed by atoms with E-state index in [0.717, 1.165) is 20.7 Å². The average molecular weight is 316 g/mol. The van der Waals surface area contributed by atoms with Crippen LogP contribution in [0.1, 0.15) is 10.4 Å². The van der Waals surface area contributed by atoms with Gasteiger partial charge in [-0.1, -0.05) is 35.5 Å². The molecule has 0 atom stereocenters. The maximum absolute atomic E-state index is 11.0. The van der Waals surface area contributed by atoms with Gasteiger partial charge in [0.1, 0.15) is 0 Å². The molecule has 1 heterocycles. The summed E-state index contributed by atoms with van der Waals surface area (Å²) in [6, 6.07) is 14.3. The number of nitrogens with zero attached hydrogens (tertiary/aromatic N) is 1. The van der Waals surface area contributed by atoms with Crippen LogP contribution in [0.4, 0.5) is 0 Å². The molecule has 3 aromatic rings. The number of carbonyl (C=O) groups is 1. The highest BCUT2D eigenvalue weighted by Gasteiger charge is 2.07. The van der Waals surface area contributed by atoms with Crippen LogP contribution >= 0.6 is 23.4 Å². The highest BCUT2D eigenvalue weighted by Crippen LogP contribution is 2.33. The second-order valence-corrected chi connectivity index (χ2v) is 5.96. The molecule has 0 saturated carbocycles. The molecule has 0 aliphatic heterocycles. The van der Waals surface area contributed by atoms with Crippen molar-refractivity contribution in [1.29, 1.82) is 0 Å². The second kappa shape index (κ2) is 5.76. The van der Waals surface area contributed by atoms with Crippen molar-refractivity contribution in [3.63, 3.8) is 0 Å². The van der Waals surface area contributed by atoms with Gasteiger partial charge in [-0.25, -0.2) is 4.79 Å². The molecule has 1 aromatic heterocycles. The van der Waals surface area contributed by atoms with E-state index in [1.165, 1.54) is 11.8 Å². The molecule has 0 fully saturated rings. The Morgan fingerprint density at radius 2 is 2.00 bits per heavy atom. The van der Waals surface area contributed by atoms with Crippen molar-refractivity contribution in [1.82, 2.24) is 4.98 Å². The van der Waals surface area contributed by atoms with Crippen molar-refractivity contribution in [2.45, 2.75) is 9.79 Å².